The lowest BCUT2D eigenvalue weighted by molar-refractivity contribution is -0.142. The number of fused-ring (bicyclic) bond motifs is 1. The number of nitrogens with one attached hydrogen (secondary N) is 5. The number of carbonyl (C=O) groups is 5. The zero-order valence-corrected chi connectivity index (χ0v) is 23.4. The van der Waals surface area contributed by atoms with Gasteiger partial charge in [0.1, 0.15) is 18.1 Å². The monoisotopic (exact) mass is 583 g/mol. The summed E-state index contributed by atoms with van der Waals surface area (Å²) >= 11 is 0. The van der Waals surface area contributed by atoms with Gasteiger partial charge in [-0.1, -0.05) is 38.5 Å². The van der Waals surface area contributed by atoms with Crippen molar-refractivity contribution in [3.63, 3.8) is 0 Å². The molecule has 9 N–H and O–H groups in total. The highest BCUT2D eigenvalue weighted by molar-refractivity contribution is 5.94. The van der Waals surface area contributed by atoms with Crippen LogP contribution in [-0.4, -0.2) is 79.0 Å². The van der Waals surface area contributed by atoms with Crippen LogP contribution in [0.25, 0.3) is 10.9 Å². The summed E-state index contributed by atoms with van der Waals surface area (Å²) in [4.78, 5) is 72.7. The fourth-order valence-electron chi connectivity index (χ4n) is 4.41. The van der Waals surface area contributed by atoms with Crippen LogP contribution < -0.4 is 21.7 Å². The van der Waals surface area contributed by atoms with Gasteiger partial charge in [0.05, 0.1) is 12.4 Å². The van der Waals surface area contributed by atoms with Crippen molar-refractivity contribution >= 4 is 40.6 Å². The van der Waals surface area contributed by atoms with Crippen molar-refractivity contribution in [3.8, 4) is 0 Å². The summed E-state index contributed by atoms with van der Waals surface area (Å²) in [5.41, 5.74) is 7.97. The summed E-state index contributed by atoms with van der Waals surface area (Å²) < 4.78 is 0. The van der Waals surface area contributed by atoms with Gasteiger partial charge in [-0.15, -0.1) is 0 Å². The van der Waals surface area contributed by atoms with E-state index in [0.717, 1.165) is 10.9 Å². The molecule has 14 nitrogen and oxygen atoms in total. The fraction of sp³-hybridized carbons (Fsp3) is 0.429. The maximum atomic E-state index is 13.4. The topological polar surface area (TPSA) is 232 Å². The van der Waals surface area contributed by atoms with Gasteiger partial charge in [0, 0.05) is 48.3 Å². The number of aromatic nitrogens is 3. The van der Waals surface area contributed by atoms with Gasteiger partial charge in [-0.05, 0) is 24.0 Å². The SMILES string of the molecule is CCC(C)C(N)C(=O)NC(CCC(=O)O)C(=O)NC(Cc1cnc[nH]1)C(=O)NC(Cc1c[nH]c2ccccc12)C(=O)O. The molecule has 3 aromatic rings. The number of carbonyl (C=O) groups excluding carboxylic acids is 3. The molecule has 14 heteroatoms. The first-order chi connectivity index (χ1) is 20.0. The highest BCUT2D eigenvalue weighted by atomic mass is 16.4. The number of rotatable bonds is 16. The van der Waals surface area contributed by atoms with Crippen molar-refractivity contribution < 1.29 is 34.2 Å². The minimum atomic E-state index is -1.33. The van der Waals surface area contributed by atoms with Crippen LogP contribution in [0.4, 0.5) is 0 Å². The fourth-order valence-corrected chi connectivity index (χ4v) is 4.41. The van der Waals surface area contributed by atoms with E-state index >= 15 is 0 Å². The highest BCUT2D eigenvalue weighted by Crippen LogP contribution is 2.19. The molecule has 0 aliphatic rings. The van der Waals surface area contributed by atoms with Crippen LogP contribution in [0.2, 0.25) is 0 Å². The van der Waals surface area contributed by atoms with Gasteiger partial charge in [0.2, 0.25) is 17.7 Å². The largest absolute Gasteiger partial charge is 0.481 e. The van der Waals surface area contributed by atoms with Gasteiger partial charge in [0.15, 0.2) is 0 Å². The van der Waals surface area contributed by atoms with E-state index in [0.29, 0.717) is 17.7 Å². The van der Waals surface area contributed by atoms with Crippen molar-refractivity contribution in [2.45, 2.75) is 70.1 Å². The predicted molar refractivity (Wildman–Crippen MR) is 152 cm³/mol. The number of aromatic amines is 2. The molecular formula is C28H37N7O7. The molecule has 5 atom stereocenters. The Bertz CT molecular complexity index is 1390. The number of carboxylic acid groups (broad SMARTS) is 2. The van der Waals surface area contributed by atoms with Crippen molar-refractivity contribution in [2.24, 2.45) is 11.7 Å². The van der Waals surface area contributed by atoms with E-state index in [2.05, 4.69) is 30.9 Å². The van der Waals surface area contributed by atoms with E-state index in [1.54, 1.807) is 13.1 Å². The van der Waals surface area contributed by atoms with E-state index in [1.807, 2.05) is 31.2 Å². The van der Waals surface area contributed by atoms with Gasteiger partial charge in [-0.2, -0.15) is 0 Å². The van der Waals surface area contributed by atoms with Crippen LogP contribution in [0.1, 0.15) is 44.4 Å². The first kappa shape index (κ1) is 31.8. The Labute approximate surface area is 241 Å². The third-order valence-corrected chi connectivity index (χ3v) is 7.17. The molecule has 0 spiro atoms. The number of amides is 3. The summed E-state index contributed by atoms with van der Waals surface area (Å²) in [6.07, 6.45) is 4.32. The van der Waals surface area contributed by atoms with E-state index in [1.165, 1.54) is 12.5 Å². The molecular weight excluding hydrogens is 546 g/mol. The second kappa shape index (κ2) is 14.8. The van der Waals surface area contributed by atoms with Crippen LogP contribution in [0.15, 0.2) is 43.0 Å². The number of benzene rings is 1. The maximum absolute atomic E-state index is 13.4. The van der Waals surface area contributed by atoms with Crippen molar-refractivity contribution in [1.82, 2.24) is 30.9 Å². The number of nitrogens with two attached hydrogens (primary N) is 1. The van der Waals surface area contributed by atoms with Crippen LogP contribution >= 0.6 is 0 Å². The Kier molecular flexibility index (Phi) is 11.2. The van der Waals surface area contributed by atoms with Crippen LogP contribution in [0.3, 0.4) is 0 Å². The number of carboxylic acids is 2. The normalized spacial score (nSPS) is 14.7. The molecule has 3 amide bonds. The van der Waals surface area contributed by atoms with Gasteiger partial charge in [-0.3, -0.25) is 19.2 Å². The first-order valence-electron chi connectivity index (χ1n) is 13.6. The molecule has 1 aromatic carbocycles. The lowest BCUT2D eigenvalue weighted by Crippen LogP contribution is -2.58. The quantitative estimate of drug-likeness (QED) is 0.117. The van der Waals surface area contributed by atoms with Gasteiger partial charge < -0.3 is 41.9 Å². The molecule has 0 saturated heterocycles. The average Bonchev–Trinajstić information content (AvgIpc) is 3.63. The summed E-state index contributed by atoms with van der Waals surface area (Å²) in [6.45, 7) is 3.63. The second-order valence-electron chi connectivity index (χ2n) is 10.2. The molecule has 0 saturated carbocycles. The van der Waals surface area contributed by atoms with Crippen molar-refractivity contribution in [1.29, 1.82) is 0 Å². The molecule has 5 unspecified atom stereocenters. The number of hydrogen-bond donors (Lipinski definition) is 8. The number of hydrogen-bond acceptors (Lipinski definition) is 7. The Morgan fingerprint density at radius 1 is 0.929 bits per heavy atom. The van der Waals surface area contributed by atoms with Crippen LogP contribution in [0, 0.1) is 5.92 Å². The maximum Gasteiger partial charge on any atom is 0.326 e. The van der Waals surface area contributed by atoms with E-state index in [4.69, 9.17) is 5.73 Å². The molecule has 2 heterocycles. The molecule has 0 radical (unpaired) electrons. The summed E-state index contributed by atoms with van der Waals surface area (Å²) in [5, 5.41) is 27.5. The lowest BCUT2D eigenvalue weighted by Gasteiger charge is -2.26. The zero-order chi connectivity index (χ0) is 30.8. The summed E-state index contributed by atoms with van der Waals surface area (Å²) in [5.74, 6) is -4.88. The molecule has 0 bridgehead atoms. The first-order valence-corrected chi connectivity index (χ1v) is 13.6. The van der Waals surface area contributed by atoms with E-state index in [9.17, 15) is 34.2 Å². The molecule has 226 valence electrons. The number of H-pyrrole nitrogens is 2. The smallest absolute Gasteiger partial charge is 0.326 e. The number of nitrogens with zero attached hydrogens (tertiary/aromatic N) is 1. The van der Waals surface area contributed by atoms with Crippen molar-refractivity contribution in [2.75, 3.05) is 0 Å². The third kappa shape index (κ3) is 8.64. The standard InChI is InChI=1S/C28H37N7O7/c1-3-15(2)24(29)27(40)33-20(8-9-23(36)37)25(38)34-21(11-17-13-30-14-32-17)26(39)35-22(28(41)42)10-16-12-31-19-7-5-4-6-18(16)19/h4-7,12-15,20-22,24,31H,3,8-11,29H2,1-2H3,(H,30,32)(H,33,40)(H,34,38)(H,35,39)(H,36,37)(H,41,42). The lowest BCUT2D eigenvalue weighted by atomic mass is 9.98. The molecule has 3 rings (SSSR count). The molecule has 0 aliphatic carbocycles. The van der Waals surface area contributed by atoms with Gasteiger partial charge >= 0.3 is 11.9 Å². The summed E-state index contributed by atoms with van der Waals surface area (Å²) in [7, 11) is 0. The average molecular weight is 584 g/mol. The Balaban J connectivity index is 1.80. The number of imidazole rings is 1. The Morgan fingerprint density at radius 2 is 1.60 bits per heavy atom. The van der Waals surface area contributed by atoms with Gasteiger partial charge in [-0.25, -0.2) is 9.78 Å². The number of para-hydroxylation sites is 1. The highest BCUT2D eigenvalue weighted by Gasteiger charge is 2.32. The number of aliphatic carboxylic acids is 2. The Hall–Kier alpha value is -4.72. The van der Waals surface area contributed by atoms with Crippen LogP contribution in [0.5, 0.6) is 0 Å². The third-order valence-electron chi connectivity index (χ3n) is 7.17. The zero-order valence-electron chi connectivity index (χ0n) is 23.4. The van der Waals surface area contributed by atoms with E-state index in [-0.39, 0.29) is 25.2 Å². The van der Waals surface area contributed by atoms with E-state index < -0.39 is 60.2 Å². The van der Waals surface area contributed by atoms with Gasteiger partial charge in [0.25, 0.3) is 0 Å². The van der Waals surface area contributed by atoms with Crippen LogP contribution in [-0.2, 0) is 36.8 Å². The predicted octanol–water partition coefficient (Wildman–Crippen LogP) is 0.453. The minimum absolute atomic E-state index is 0.0272. The Morgan fingerprint density at radius 3 is 2.24 bits per heavy atom. The second-order valence-corrected chi connectivity index (χ2v) is 10.2. The molecule has 2 aromatic heterocycles. The molecule has 42 heavy (non-hydrogen) atoms. The molecule has 0 aliphatic heterocycles. The van der Waals surface area contributed by atoms with Crippen molar-refractivity contribution in [3.05, 3.63) is 54.2 Å². The minimum Gasteiger partial charge on any atom is -0.481 e. The summed E-state index contributed by atoms with van der Waals surface area (Å²) in [6, 6.07) is 2.50. The molecule has 0 fully saturated rings.